The van der Waals surface area contributed by atoms with Gasteiger partial charge in [-0.1, -0.05) is 92.0 Å². The largest absolute Gasteiger partial charge is 0.366 e. The van der Waals surface area contributed by atoms with Crippen molar-refractivity contribution in [3.8, 4) is 0 Å². The maximum Gasteiger partial charge on any atom is 0.160 e. The van der Waals surface area contributed by atoms with E-state index in [2.05, 4.69) is 126 Å². The number of rotatable bonds is 4. The van der Waals surface area contributed by atoms with Gasteiger partial charge in [-0.3, -0.25) is 0 Å². The predicted octanol–water partition coefficient (Wildman–Crippen LogP) is 8.08. The summed E-state index contributed by atoms with van der Waals surface area (Å²) < 4.78 is 2.77. The lowest BCUT2D eigenvalue weighted by atomic mass is 9.92. The molecule has 0 radical (unpaired) electrons. The Morgan fingerprint density at radius 2 is 1.39 bits per heavy atom. The van der Waals surface area contributed by atoms with Crippen molar-refractivity contribution in [2.45, 2.75) is 31.5 Å². The zero-order chi connectivity index (χ0) is 22.4. The van der Waals surface area contributed by atoms with E-state index < -0.39 is 8.24 Å². The third-order valence-electron chi connectivity index (χ3n) is 8.09. The van der Waals surface area contributed by atoms with Gasteiger partial charge < -0.3 is 9.88 Å². The molecular formula is C30H32N2Si. The quantitative estimate of drug-likeness (QED) is 0.406. The zero-order valence-corrected chi connectivity index (χ0v) is 20.5. The Labute approximate surface area is 198 Å². The van der Waals surface area contributed by atoms with Crippen molar-refractivity contribution < 1.29 is 0 Å². The van der Waals surface area contributed by atoms with E-state index >= 15 is 0 Å². The fourth-order valence-electron chi connectivity index (χ4n) is 6.87. The number of allylic oxidation sites excluding steroid dienone is 4. The second kappa shape index (κ2) is 8.07. The fourth-order valence-corrected chi connectivity index (χ4v) is 11.5. The van der Waals surface area contributed by atoms with Crippen LogP contribution in [0.4, 0.5) is 22.7 Å². The molecule has 2 aliphatic carbocycles. The Morgan fingerprint density at radius 3 is 2.09 bits per heavy atom. The summed E-state index contributed by atoms with van der Waals surface area (Å²) in [4.78, 5) is 0. The van der Waals surface area contributed by atoms with Crippen LogP contribution in [0.25, 0.3) is 0 Å². The highest BCUT2D eigenvalue weighted by atomic mass is 28.3. The van der Waals surface area contributed by atoms with E-state index in [-0.39, 0.29) is 0 Å². The first-order valence-electron chi connectivity index (χ1n) is 12.3. The highest BCUT2D eigenvalue weighted by Crippen LogP contribution is 2.58. The molecule has 3 aromatic carbocycles. The molecule has 1 saturated carbocycles. The molecule has 3 heteroatoms. The first-order chi connectivity index (χ1) is 16.1. The molecule has 1 N–H and O–H groups in total. The maximum absolute atomic E-state index is 3.70. The first-order valence-corrected chi connectivity index (χ1v) is 15.3. The fraction of sp³-hybridized carbons (Fsp3) is 0.267. The number of anilines is 4. The van der Waals surface area contributed by atoms with Gasteiger partial charge in [0, 0.05) is 0 Å². The van der Waals surface area contributed by atoms with Gasteiger partial charge in [0.15, 0.2) is 8.24 Å². The average Bonchev–Trinajstić information content (AvgIpc) is 3.21. The average molecular weight is 449 g/mol. The molecule has 0 saturated heterocycles. The van der Waals surface area contributed by atoms with Gasteiger partial charge in [-0.05, 0) is 66.0 Å². The van der Waals surface area contributed by atoms with Gasteiger partial charge in [-0.25, -0.2) is 0 Å². The van der Waals surface area contributed by atoms with Crippen molar-refractivity contribution in [3.63, 3.8) is 0 Å². The first kappa shape index (κ1) is 20.6. The van der Waals surface area contributed by atoms with Gasteiger partial charge >= 0.3 is 0 Å². The molecule has 1 aliphatic heterocycles. The lowest BCUT2D eigenvalue weighted by Gasteiger charge is -2.49. The minimum absolute atomic E-state index is 0.625. The summed E-state index contributed by atoms with van der Waals surface area (Å²) in [7, 11) is -1.99. The number of hydrogen-bond acceptors (Lipinski definition) is 2. The van der Waals surface area contributed by atoms with E-state index in [9.17, 15) is 0 Å². The van der Waals surface area contributed by atoms with Gasteiger partial charge in [0.1, 0.15) is 0 Å². The highest BCUT2D eigenvalue weighted by Gasteiger charge is 2.53. The van der Waals surface area contributed by atoms with Crippen molar-refractivity contribution in [3.05, 3.63) is 109 Å². The predicted molar refractivity (Wildman–Crippen MR) is 143 cm³/mol. The topological polar surface area (TPSA) is 15.3 Å². The summed E-state index contributed by atoms with van der Waals surface area (Å²) in [6.07, 6.45) is 12.0. The number of nitrogens with zero attached hydrogens (tertiary/aromatic N) is 1. The molecule has 1 fully saturated rings. The van der Waals surface area contributed by atoms with Crippen LogP contribution >= 0.6 is 0 Å². The van der Waals surface area contributed by atoms with Crippen LogP contribution in [0.3, 0.4) is 0 Å². The summed E-state index contributed by atoms with van der Waals surface area (Å²) >= 11 is 0. The van der Waals surface area contributed by atoms with Gasteiger partial charge in [-0.2, -0.15) is 0 Å². The van der Waals surface area contributed by atoms with Crippen LogP contribution < -0.4 is 9.88 Å². The summed E-state index contributed by atoms with van der Waals surface area (Å²) in [5, 5.41) is 3.70. The summed E-state index contributed by atoms with van der Waals surface area (Å²) in [6.45, 7) is 5.23. The summed E-state index contributed by atoms with van der Waals surface area (Å²) in [6, 6.07) is 28.9. The van der Waals surface area contributed by atoms with E-state index in [1.54, 1.807) is 0 Å². The van der Waals surface area contributed by atoms with E-state index in [1.165, 1.54) is 41.2 Å². The van der Waals surface area contributed by atoms with Crippen molar-refractivity contribution in [1.82, 2.24) is 0 Å². The third kappa shape index (κ3) is 3.46. The Balaban J connectivity index is 1.46. The standard InChI is InChI=1S/C30H32N2Si/c1-33(2,32-28-18-10-8-16-26(28)31-27-17-9-11-19-29(27)32)30-24(20-22-12-4-3-5-13-22)21-23-14-6-7-15-25(23)30/h3-19,23-25,30-31H,20-21H2,1-2H3/t23-,24+,25-,30?/m0/s1. The minimum atomic E-state index is -1.99. The molecule has 1 heterocycles. The Kier molecular flexibility index (Phi) is 5.03. The van der Waals surface area contributed by atoms with E-state index in [1.807, 2.05) is 0 Å². The zero-order valence-electron chi connectivity index (χ0n) is 19.5. The number of hydrogen-bond donors (Lipinski definition) is 1. The smallest absolute Gasteiger partial charge is 0.160 e. The van der Waals surface area contributed by atoms with E-state index in [0.29, 0.717) is 23.3 Å². The second-order valence-corrected chi connectivity index (χ2v) is 14.8. The molecule has 4 atom stereocenters. The molecule has 3 aliphatic rings. The van der Waals surface area contributed by atoms with Crippen molar-refractivity contribution >= 4 is 31.0 Å². The van der Waals surface area contributed by atoms with Crippen molar-refractivity contribution in [2.24, 2.45) is 17.8 Å². The highest BCUT2D eigenvalue weighted by molar-refractivity contribution is 6.84. The summed E-state index contributed by atoms with van der Waals surface area (Å²) in [5.41, 5.74) is 7.28. The molecule has 6 rings (SSSR count). The van der Waals surface area contributed by atoms with Crippen LogP contribution in [0.1, 0.15) is 12.0 Å². The number of nitrogens with one attached hydrogen (secondary N) is 1. The Morgan fingerprint density at radius 1 is 0.788 bits per heavy atom. The molecule has 3 aromatic rings. The number of fused-ring (bicyclic) bond motifs is 3. The molecule has 2 nitrogen and oxygen atoms in total. The molecule has 0 bridgehead atoms. The molecule has 0 spiro atoms. The number of para-hydroxylation sites is 4. The van der Waals surface area contributed by atoms with Crippen molar-refractivity contribution in [1.29, 1.82) is 0 Å². The molecule has 1 unspecified atom stereocenters. The van der Waals surface area contributed by atoms with Gasteiger partial charge in [-0.15, -0.1) is 0 Å². The lowest BCUT2D eigenvalue weighted by Crippen LogP contribution is -2.53. The molecule has 33 heavy (non-hydrogen) atoms. The van der Waals surface area contributed by atoms with Crippen LogP contribution in [-0.2, 0) is 6.42 Å². The van der Waals surface area contributed by atoms with Crippen LogP contribution in [0.5, 0.6) is 0 Å². The van der Waals surface area contributed by atoms with E-state index in [0.717, 1.165) is 0 Å². The molecule has 166 valence electrons. The monoisotopic (exact) mass is 448 g/mol. The van der Waals surface area contributed by atoms with Crippen molar-refractivity contribution in [2.75, 3.05) is 9.88 Å². The van der Waals surface area contributed by atoms with Crippen LogP contribution in [0.2, 0.25) is 18.6 Å². The van der Waals surface area contributed by atoms with Gasteiger partial charge in [0.25, 0.3) is 0 Å². The molecule has 0 amide bonds. The van der Waals surface area contributed by atoms with Crippen LogP contribution in [-0.4, -0.2) is 8.24 Å². The molecule has 0 aromatic heterocycles. The Bertz CT molecular complexity index is 1170. The van der Waals surface area contributed by atoms with Crippen LogP contribution in [0, 0.1) is 17.8 Å². The normalized spacial score (nSPS) is 25.2. The lowest BCUT2D eigenvalue weighted by molar-refractivity contribution is 0.512. The van der Waals surface area contributed by atoms with Gasteiger partial charge in [0.2, 0.25) is 0 Å². The maximum atomic E-state index is 3.70. The van der Waals surface area contributed by atoms with E-state index in [4.69, 9.17) is 0 Å². The molecular weight excluding hydrogens is 416 g/mol. The van der Waals surface area contributed by atoms with Crippen LogP contribution in [0.15, 0.2) is 103 Å². The second-order valence-electron chi connectivity index (χ2n) is 10.4. The summed E-state index contributed by atoms with van der Waals surface area (Å²) in [5.74, 6) is 1.97. The number of benzene rings is 3. The minimum Gasteiger partial charge on any atom is -0.366 e. The Hall–Kier alpha value is -3.04. The SMILES string of the molecule is C[Si](C)(C1[C@H](Cc2ccccc2)C[C@@H]2C=CC=C[C@H]12)N1c2ccccc2Nc2ccccc21. The third-order valence-corrected chi connectivity index (χ3v) is 12.2. The van der Waals surface area contributed by atoms with Gasteiger partial charge in [0.05, 0.1) is 22.7 Å².